The summed E-state index contributed by atoms with van der Waals surface area (Å²) in [5.74, 6) is 0.277. The molecule has 32 heavy (non-hydrogen) atoms. The number of amides is 1. The van der Waals surface area contributed by atoms with Gasteiger partial charge in [-0.05, 0) is 66.6 Å². The van der Waals surface area contributed by atoms with Crippen LogP contribution in [0.5, 0.6) is 5.88 Å². The summed E-state index contributed by atoms with van der Waals surface area (Å²) >= 11 is 0. The van der Waals surface area contributed by atoms with E-state index in [1.807, 2.05) is 30.2 Å². The molecule has 1 aliphatic carbocycles. The monoisotopic (exact) mass is 451 g/mol. The number of hydrogen-bond donors (Lipinski definition) is 1. The van der Waals surface area contributed by atoms with Crippen LogP contribution in [0.3, 0.4) is 0 Å². The van der Waals surface area contributed by atoms with E-state index in [1.165, 1.54) is 0 Å². The van der Waals surface area contributed by atoms with Crippen molar-refractivity contribution in [2.75, 3.05) is 0 Å². The van der Waals surface area contributed by atoms with E-state index in [1.54, 1.807) is 6.20 Å². The van der Waals surface area contributed by atoms with Crippen molar-refractivity contribution >= 4 is 18.3 Å². The second-order valence-electron chi connectivity index (χ2n) is 8.35. The first-order chi connectivity index (χ1) is 15.1. The number of carbonyl (C=O) groups excluding carboxylic acids is 1. The number of hydrogen-bond acceptors (Lipinski definition) is 5. The summed E-state index contributed by atoms with van der Waals surface area (Å²) in [6.07, 6.45) is 5.16. The number of carbonyl (C=O) groups is 1. The highest BCUT2D eigenvalue weighted by Gasteiger charge is 2.34. The number of aromatic nitrogens is 2. The molecule has 1 saturated carbocycles. The molecule has 3 heterocycles. The van der Waals surface area contributed by atoms with Crippen LogP contribution in [0, 0.1) is 6.92 Å². The van der Waals surface area contributed by atoms with Gasteiger partial charge >= 0.3 is 0 Å². The van der Waals surface area contributed by atoms with Gasteiger partial charge in [-0.15, -0.1) is 12.4 Å². The Morgan fingerprint density at radius 2 is 1.84 bits per heavy atom. The van der Waals surface area contributed by atoms with Crippen LogP contribution < -0.4 is 4.74 Å². The van der Waals surface area contributed by atoms with E-state index in [0.29, 0.717) is 24.5 Å². The van der Waals surface area contributed by atoms with Gasteiger partial charge in [-0.1, -0.05) is 24.3 Å². The molecule has 3 aromatic rings. The van der Waals surface area contributed by atoms with Gasteiger partial charge in [0.15, 0.2) is 0 Å². The van der Waals surface area contributed by atoms with Crippen LogP contribution in [0.2, 0.25) is 0 Å². The first-order valence-corrected chi connectivity index (χ1v) is 10.7. The fourth-order valence-corrected chi connectivity index (χ4v) is 4.43. The Bertz CT molecular complexity index is 1120. The maximum absolute atomic E-state index is 13.1. The molecule has 0 unspecified atom stereocenters. The molecule has 1 fully saturated rings. The molecule has 166 valence electrons. The number of nitrogens with zero attached hydrogens (tertiary/aromatic N) is 3. The molecular formula is C25H26ClN3O3. The van der Waals surface area contributed by atoms with Crippen LogP contribution in [0.4, 0.5) is 0 Å². The number of ether oxygens (including phenoxy) is 1. The number of aliphatic hydroxyl groups excluding tert-OH is 1. The van der Waals surface area contributed by atoms with Crippen LogP contribution in [0.15, 0.2) is 54.9 Å². The SMILES string of the molecule is Cc1cc(-c2ccc(CN3Cc4ccnc(O[C@H]5CCC[C@@H]5O)c4C3=O)cc2)ccn1.Cl. The van der Waals surface area contributed by atoms with Crippen molar-refractivity contribution in [3.8, 4) is 17.0 Å². The summed E-state index contributed by atoms with van der Waals surface area (Å²) in [7, 11) is 0. The molecule has 0 saturated heterocycles. The third kappa shape index (κ3) is 4.33. The van der Waals surface area contributed by atoms with Crippen molar-refractivity contribution in [3.63, 3.8) is 0 Å². The minimum Gasteiger partial charge on any atom is -0.471 e. The lowest BCUT2D eigenvalue weighted by atomic mass is 10.0. The minimum absolute atomic E-state index is 0. The normalized spacial score (nSPS) is 19.6. The van der Waals surface area contributed by atoms with Gasteiger partial charge in [0.2, 0.25) is 5.88 Å². The summed E-state index contributed by atoms with van der Waals surface area (Å²) in [6, 6.07) is 14.2. The molecule has 2 atom stereocenters. The van der Waals surface area contributed by atoms with Crippen molar-refractivity contribution in [1.82, 2.24) is 14.9 Å². The van der Waals surface area contributed by atoms with E-state index >= 15 is 0 Å². The van der Waals surface area contributed by atoms with Gasteiger partial charge in [0.25, 0.3) is 5.91 Å². The highest BCUT2D eigenvalue weighted by molar-refractivity contribution is 6.00. The van der Waals surface area contributed by atoms with E-state index in [9.17, 15) is 9.90 Å². The van der Waals surface area contributed by atoms with E-state index in [4.69, 9.17) is 4.74 Å². The molecule has 1 N–H and O–H groups in total. The Morgan fingerprint density at radius 1 is 1.06 bits per heavy atom. The molecule has 2 aromatic heterocycles. The van der Waals surface area contributed by atoms with Crippen LogP contribution in [0.25, 0.3) is 11.1 Å². The number of halogens is 1. The lowest BCUT2D eigenvalue weighted by Gasteiger charge is -2.18. The topological polar surface area (TPSA) is 75.6 Å². The number of benzene rings is 1. The zero-order valence-electron chi connectivity index (χ0n) is 17.9. The molecule has 7 heteroatoms. The first kappa shape index (κ1) is 22.2. The van der Waals surface area contributed by atoms with Gasteiger partial charge in [0.1, 0.15) is 11.7 Å². The number of fused-ring (bicyclic) bond motifs is 1. The number of aryl methyl sites for hydroxylation is 1. The second kappa shape index (κ2) is 9.27. The Hall–Kier alpha value is -2.96. The van der Waals surface area contributed by atoms with Crippen molar-refractivity contribution in [1.29, 1.82) is 0 Å². The van der Waals surface area contributed by atoms with Crippen LogP contribution in [-0.2, 0) is 13.1 Å². The molecule has 1 aromatic carbocycles. The molecule has 1 aliphatic heterocycles. The number of aliphatic hydroxyl groups is 1. The van der Waals surface area contributed by atoms with Gasteiger partial charge in [-0.3, -0.25) is 9.78 Å². The summed E-state index contributed by atoms with van der Waals surface area (Å²) in [4.78, 5) is 23.5. The second-order valence-corrected chi connectivity index (χ2v) is 8.35. The maximum Gasteiger partial charge on any atom is 0.260 e. The molecule has 2 aliphatic rings. The fourth-order valence-electron chi connectivity index (χ4n) is 4.43. The zero-order chi connectivity index (χ0) is 21.4. The number of rotatable bonds is 5. The van der Waals surface area contributed by atoms with Gasteiger partial charge in [0.05, 0.1) is 6.10 Å². The predicted octanol–water partition coefficient (Wildman–Crippen LogP) is 4.32. The number of pyridine rings is 2. The average molecular weight is 452 g/mol. The average Bonchev–Trinajstić information content (AvgIpc) is 3.32. The fraction of sp³-hybridized carbons (Fsp3) is 0.320. The lowest BCUT2D eigenvalue weighted by Crippen LogP contribution is -2.27. The van der Waals surface area contributed by atoms with E-state index in [-0.39, 0.29) is 24.4 Å². The Kier molecular flexibility index (Phi) is 6.44. The summed E-state index contributed by atoms with van der Waals surface area (Å²) in [6.45, 7) is 3.04. The van der Waals surface area contributed by atoms with Crippen molar-refractivity contribution < 1.29 is 14.6 Å². The Morgan fingerprint density at radius 3 is 2.56 bits per heavy atom. The molecule has 0 bridgehead atoms. The molecule has 1 amide bonds. The molecular weight excluding hydrogens is 426 g/mol. The molecule has 6 nitrogen and oxygen atoms in total. The van der Waals surface area contributed by atoms with Crippen molar-refractivity contribution in [2.24, 2.45) is 0 Å². The van der Waals surface area contributed by atoms with Gasteiger partial charge < -0.3 is 14.7 Å². The highest BCUT2D eigenvalue weighted by atomic mass is 35.5. The lowest BCUT2D eigenvalue weighted by molar-refractivity contribution is 0.0553. The quantitative estimate of drug-likeness (QED) is 0.625. The largest absolute Gasteiger partial charge is 0.471 e. The van der Waals surface area contributed by atoms with Gasteiger partial charge in [-0.25, -0.2) is 4.98 Å². The van der Waals surface area contributed by atoms with E-state index in [2.05, 4.69) is 40.3 Å². The van der Waals surface area contributed by atoms with Gasteiger partial charge in [-0.2, -0.15) is 0 Å². The van der Waals surface area contributed by atoms with E-state index in [0.717, 1.165) is 47.2 Å². The molecule has 0 radical (unpaired) electrons. The van der Waals surface area contributed by atoms with E-state index < -0.39 is 6.10 Å². The summed E-state index contributed by atoms with van der Waals surface area (Å²) in [5.41, 5.74) is 5.76. The summed E-state index contributed by atoms with van der Waals surface area (Å²) in [5, 5.41) is 10.1. The standard InChI is InChI=1S/C25H25N3O3.ClH/c1-16-13-19(9-11-26-16)18-7-5-17(6-8-18)14-28-15-20-10-12-27-24(23(20)25(28)30)31-22-4-2-3-21(22)29;/h5-13,21-22,29H,2-4,14-15H2,1H3;1H/t21-,22-;/m0./s1. The van der Waals surface area contributed by atoms with Crippen LogP contribution in [-0.4, -0.2) is 38.1 Å². The van der Waals surface area contributed by atoms with Crippen LogP contribution in [0.1, 0.15) is 46.4 Å². The van der Waals surface area contributed by atoms with Crippen molar-refractivity contribution in [3.05, 3.63) is 77.2 Å². The maximum atomic E-state index is 13.1. The minimum atomic E-state index is -0.493. The summed E-state index contributed by atoms with van der Waals surface area (Å²) < 4.78 is 5.96. The van der Waals surface area contributed by atoms with Crippen molar-refractivity contribution in [2.45, 2.75) is 51.5 Å². The van der Waals surface area contributed by atoms with Crippen LogP contribution >= 0.6 is 12.4 Å². The highest BCUT2D eigenvalue weighted by Crippen LogP contribution is 2.33. The molecule has 5 rings (SSSR count). The van der Waals surface area contributed by atoms with Gasteiger partial charge in [0, 0.05) is 31.2 Å². The Balaban J connectivity index is 0.00000245. The predicted molar refractivity (Wildman–Crippen MR) is 124 cm³/mol. The smallest absolute Gasteiger partial charge is 0.260 e. The first-order valence-electron chi connectivity index (χ1n) is 10.7. The zero-order valence-corrected chi connectivity index (χ0v) is 18.7. The molecule has 0 spiro atoms. The Labute approximate surface area is 193 Å². The third-order valence-electron chi connectivity index (χ3n) is 6.10. The third-order valence-corrected chi connectivity index (χ3v) is 6.10.